The van der Waals surface area contributed by atoms with Crippen LogP contribution >= 0.6 is 0 Å². The molecule has 1 unspecified atom stereocenters. The molecule has 2 saturated heterocycles. The molecule has 1 atom stereocenters. The molecule has 0 bridgehead atoms. The van der Waals surface area contributed by atoms with Crippen molar-refractivity contribution < 1.29 is 4.39 Å². The normalized spacial score (nSPS) is 21.2. The van der Waals surface area contributed by atoms with Crippen molar-refractivity contribution in [2.45, 2.75) is 19.8 Å². The van der Waals surface area contributed by atoms with Gasteiger partial charge in [0.25, 0.3) is 0 Å². The van der Waals surface area contributed by atoms with Crippen molar-refractivity contribution in [3.63, 3.8) is 0 Å². The molecule has 0 saturated carbocycles. The van der Waals surface area contributed by atoms with Crippen LogP contribution in [0.1, 0.15) is 19.8 Å². The minimum Gasteiger partial charge on any atom is -0.366 e. The Balaban J connectivity index is 1.43. The molecule has 2 fully saturated rings. The number of piperidine rings is 1. The number of anilines is 3. The molecule has 26 heavy (non-hydrogen) atoms. The van der Waals surface area contributed by atoms with Crippen LogP contribution in [0.5, 0.6) is 0 Å². The second-order valence-corrected chi connectivity index (χ2v) is 7.23. The van der Waals surface area contributed by atoms with Gasteiger partial charge < -0.3 is 14.7 Å². The Morgan fingerprint density at radius 1 is 1.00 bits per heavy atom. The fraction of sp³-hybridized carbons (Fsp3) is 0.526. The molecule has 0 radical (unpaired) electrons. The lowest BCUT2D eigenvalue weighted by Gasteiger charge is -2.37. The first-order valence-electron chi connectivity index (χ1n) is 9.40. The predicted molar refractivity (Wildman–Crippen MR) is 101 cm³/mol. The average molecular weight is 356 g/mol. The van der Waals surface area contributed by atoms with Crippen LogP contribution in [0.4, 0.5) is 21.8 Å². The van der Waals surface area contributed by atoms with Crippen LogP contribution in [0.25, 0.3) is 0 Å². The Kier molecular flexibility index (Phi) is 4.86. The first-order chi connectivity index (χ1) is 12.7. The van der Waals surface area contributed by atoms with Crippen molar-refractivity contribution in [1.29, 1.82) is 0 Å². The SMILES string of the molecule is CC1CCCN(c2nncc(N3CCN(c4ccccc4F)CC3)n2)C1. The largest absolute Gasteiger partial charge is 0.366 e. The highest BCUT2D eigenvalue weighted by Gasteiger charge is 2.23. The molecule has 2 aliphatic heterocycles. The number of hydrogen-bond acceptors (Lipinski definition) is 6. The molecule has 0 amide bonds. The Morgan fingerprint density at radius 2 is 1.77 bits per heavy atom. The van der Waals surface area contributed by atoms with Gasteiger partial charge in [-0.1, -0.05) is 19.1 Å². The monoisotopic (exact) mass is 356 g/mol. The maximum Gasteiger partial charge on any atom is 0.247 e. The highest BCUT2D eigenvalue weighted by Crippen LogP contribution is 2.24. The van der Waals surface area contributed by atoms with Crippen LogP contribution in [0.3, 0.4) is 0 Å². The summed E-state index contributed by atoms with van der Waals surface area (Å²) >= 11 is 0. The molecule has 138 valence electrons. The van der Waals surface area contributed by atoms with Gasteiger partial charge in [0.2, 0.25) is 5.95 Å². The highest BCUT2D eigenvalue weighted by molar-refractivity contribution is 5.50. The van der Waals surface area contributed by atoms with E-state index in [1.807, 2.05) is 12.1 Å². The lowest BCUT2D eigenvalue weighted by atomic mass is 10.0. The molecule has 3 heterocycles. The molecule has 2 aromatic rings. The number of benzene rings is 1. The van der Waals surface area contributed by atoms with Crippen molar-refractivity contribution in [2.75, 3.05) is 54.0 Å². The standard InChI is InChI=1S/C19H25FN6/c1-15-5-4-8-26(14-15)19-22-18(13-21-23-19)25-11-9-24(10-12-25)17-7-3-2-6-16(17)20/h2-3,6-7,13,15H,4-5,8-12,14H2,1H3. The molecule has 0 aliphatic carbocycles. The smallest absolute Gasteiger partial charge is 0.247 e. The molecular weight excluding hydrogens is 331 g/mol. The van der Waals surface area contributed by atoms with Gasteiger partial charge in [-0.15, -0.1) is 5.10 Å². The van der Waals surface area contributed by atoms with Crippen LogP contribution in [0.15, 0.2) is 30.5 Å². The van der Waals surface area contributed by atoms with Crippen LogP contribution in [0, 0.1) is 11.7 Å². The van der Waals surface area contributed by atoms with Gasteiger partial charge in [-0.3, -0.25) is 0 Å². The lowest BCUT2D eigenvalue weighted by molar-refractivity contribution is 0.440. The number of nitrogens with zero attached hydrogens (tertiary/aromatic N) is 6. The van der Waals surface area contributed by atoms with E-state index in [1.54, 1.807) is 12.3 Å². The zero-order valence-electron chi connectivity index (χ0n) is 15.2. The van der Waals surface area contributed by atoms with Gasteiger partial charge in [0.15, 0.2) is 5.82 Å². The molecule has 7 heteroatoms. The average Bonchev–Trinajstić information content (AvgIpc) is 2.69. The van der Waals surface area contributed by atoms with Gasteiger partial charge >= 0.3 is 0 Å². The van der Waals surface area contributed by atoms with Gasteiger partial charge in [0.1, 0.15) is 5.82 Å². The molecule has 0 spiro atoms. The van der Waals surface area contributed by atoms with Crippen molar-refractivity contribution in [1.82, 2.24) is 15.2 Å². The summed E-state index contributed by atoms with van der Waals surface area (Å²) in [5.74, 6) is 2.10. The van der Waals surface area contributed by atoms with E-state index in [0.717, 1.165) is 51.0 Å². The van der Waals surface area contributed by atoms with E-state index in [2.05, 4.69) is 31.8 Å². The first-order valence-corrected chi connectivity index (χ1v) is 9.40. The lowest BCUT2D eigenvalue weighted by Crippen LogP contribution is -2.47. The summed E-state index contributed by atoms with van der Waals surface area (Å²) < 4.78 is 14.0. The second-order valence-electron chi connectivity index (χ2n) is 7.23. The Bertz CT molecular complexity index is 746. The third-order valence-corrected chi connectivity index (χ3v) is 5.27. The minimum atomic E-state index is -0.161. The number of aromatic nitrogens is 3. The molecule has 6 nitrogen and oxygen atoms in total. The van der Waals surface area contributed by atoms with E-state index in [0.29, 0.717) is 11.6 Å². The summed E-state index contributed by atoms with van der Waals surface area (Å²) in [4.78, 5) is 11.3. The minimum absolute atomic E-state index is 0.161. The maximum absolute atomic E-state index is 14.0. The van der Waals surface area contributed by atoms with E-state index in [4.69, 9.17) is 4.98 Å². The summed E-state index contributed by atoms with van der Waals surface area (Å²) in [6.07, 6.45) is 4.17. The van der Waals surface area contributed by atoms with E-state index in [9.17, 15) is 4.39 Å². The number of hydrogen-bond donors (Lipinski definition) is 0. The van der Waals surface area contributed by atoms with E-state index >= 15 is 0 Å². The Morgan fingerprint density at radius 3 is 2.54 bits per heavy atom. The summed E-state index contributed by atoms with van der Waals surface area (Å²) in [6, 6.07) is 6.96. The number of halogens is 1. The zero-order valence-corrected chi connectivity index (χ0v) is 15.2. The Hall–Kier alpha value is -2.44. The third kappa shape index (κ3) is 3.57. The van der Waals surface area contributed by atoms with Crippen LogP contribution < -0.4 is 14.7 Å². The van der Waals surface area contributed by atoms with E-state index < -0.39 is 0 Å². The van der Waals surface area contributed by atoms with Gasteiger partial charge in [-0.2, -0.15) is 10.1 Å². The third-order valence-electron chi connectivity index (χ3n) is 5.27. The fourth-order valence-electron chi connectivity index (χ4n) is 3.83. The topological polar surface area (TPSA) is 48.4 Å². The molecule has 4 rings (SSSR count). The first kappa shape index (κ1) is 17.0. The molecular formula is C19H25FN6. The van der Waals surface area contributed by atoms with Crippen LogP contribution in [-0.4, -0.2) is 54.4 Å². The van der Waals surface area contributed by atoms with Crippen LogP contribution in [-0.2, 0) is 0 Å². The van der Waals surface area contributed by atoms with Crippen molar-refractivity contribution in [3.05, 3.63) is 36.3 Å². The van der Waals surface area contributed by atoms with Gasteiger partial charge in [0, 0.05) is 39.3 Å². The zero-order chi connectivity index (χ0) is 17.9. The molecule has 0 N–H and O–H groups in total. The molecule has 2 aliphatic rings. The second kappa shape index (κ2) is 7.43. The molecule has 1 aromatic carbocycles. The van der Waals surface area contributed by atoms with Crippen molar-refractivity contribution in [2.24, 2.45) is 5.92 Å². The summed E-state index contributed by atoms with van der Waals surface area (Å²) in [5, 5.41) is 8.43. The van der Waals surface area contributed by atoms with E-state index in [1.165, 1.54) is 18.9 Å². The fourth-order valence-corrected chi connectivity index (χ4v) is 3.83. The number of piperazine rings is 1. The molecule has 1 aromatic heterocycles. The van der Waals surface area contributed by atoms with Crippen LogP contribution in [0.2, 0.25) is 0 Å². The van der Waals surface area contributed by atoms with Crippen molar-refractivity contribution >= 4 is 17.5 Å². The van der Waals surface area contributed by atoms with Gasteiger partial charge in [-0.25, -0.2) is 4.39 Å². The maximum atomic E-state index is 14.0. The quantitative estimate of drug-likeness (QED) is 0.842. The highest BCUT2D eigenvalue weighted by atomic mass is 19.1. The number of rotatable bonds is 3. The predicted octanol–water partition coefficient (Wildman–Crippen LogP) is 2.57. The summed E-state index contributed by atoms with van der Waals surface area (Å²) in [7, 11) is 0. The summed E-state index contributed by atoms with van der Waals surface area (Å²) in [6.45, 7) is 7.38. The van der Waals surface area contributed by atoms with Gasteiger partial charge in [-0.05, 0) is 30.9 Å². The Labute approximate surface area is 153 Å². The van der Waals surface area contributed by atoms with E-state index in [-0.39, 0.29) is 5.82 Å². The summed E-state index contributed by atoms with van der Waals surface area (Å²) in [5.41, 5.74) is 0.677. The van der Waals surface area contributed by atoms with Crippen molar-refractivity contribution in [3.8, 4) is 0 Å². The number of para-hydroxylation sites is 1. The van der Waals surface area contributed by atoms with Gasteiger partial charge in [0.05, 0.1) is 11.9 Å².